The Morgan fingerprint density at radius 1 is 0.729 bits per heavy atom. The van der Waals surface area contributed by atoms with Gasteiger partial charge in [0.2, 0.25) is 5.91 Å². The summed E-state index contributed by atoms with van der Waals surface area (Å²) in [5, 5.41) is 10.7. The number of hydrogen-bond donors (Lipinski definition) is 3. The van der Waals surface area contributed by atoms with Gasteiger partial charge < -0.3 is 20.4 Å². The lowest BCUT2D eigenvalue weighted by atomic mass is 10.1. The fourth-order valence-electron chi connectivity index (χ4n) is 4.93. The van der Waals surface area contributed by atoms with E-state index in [4.69, 9.17) is 4.42 Å². The predicted octanol–water partition coefficient (Wildman–Crippen LogP) is 9.39. The van der Waals surface area contributed by atoms with Gasteiger partial charge in [0.25, 0.3) is 11.8 Å². The van der Waals surface area contributed by atoms with Crippen LogP contribution in [-0.4, -0.2) is 23.5 Å². The van der Waals surface area contributed by atoms with Crippen LogP contribution in [0.1, 0.15) is 22.5 Å². The SMILES string of the molecule is O=C(CCSc1ccc(NC(=O)/C(=C/c2ccc(-c3ccc(Br)cc3)o2)NC(=O)c2ccccc2)cc1)Nc1cccc2ccccc12. The largest absolute Gasteiger partial charge is 0.457 e. The van der Waals surface area contributed by atoms with Crippen LogP contribution in [0.4, 0.5) is 11.4 Å². The van der Waals surface area contributed by atoms with Crippen LogP contribution in [0.3, 0.4) is 0 Å². The van der Waals surface area contributed by atoms with Gasteiger partial charge in [0.15, 0.2) is 0 Å². The van der Waals surface area contributed by atoms with Crippen molar-refractivity contribution in [3.63, 3.8) is 0 Å². The summed E-state index contributed by atoms with van der Waals surface area (Å²) in [6, 6.07) is 41.0. The van der Waals surface area contributed by atoms with Crippen molar-refractivity contribution in [2.45, 2.75) is 11.3 Å². The van der Waals surface area contributed by atoms with Crippen molar-refractivity contribution in [2.75, 3.05) is 16.4 Å². The highest BCUT2D eigenvalue weighted by Gasteiger charge is 2.17. The molecule has 0 atom stereocenters. The van der Waals surface area contributed by atoms with Crippen LogP contribution in [0, 0.1) is 0 Å². The zero-order chi connectivity index (χ0) is 33.3. The van der Waals surface area contributed by atoms with Crippen molar-refractivity contribution >= 4 is 73.6 Å². The molecule has 3 amide bonds. The first-order valence-corrected chi connectivity index (χ1v) is 16.9. The van der Waals surface area contributed by atoms with Gasteiger partial charge in [-0.05, 0) is 72.1 Å². The van der Waals surface area contributed by atoms with Gasteiger partial charge in [-0.15, -0.1) is 11.8 Å². The Bertz CT molecular complexity index is 2090. The van der Waals surface area contributed by atoms with E-state index in [9.17, 15) is 14.4 Å². The van der Waals surface area contributed by atoms with E-state index in [2.05, 4.69) is 31.9 Å². The topological polar surface area (TPSA) is 100 Å². The number of furan rings is 1. The summed E-state index contributed by atoms with van der Waals surface area (Å²) in [6.45, 7) is 0. The Morgan fingerprint density at radius 2 is 1.46 bits per heavy atom. The smallest absolute Gasteiger partial charge is 0.272 e. The summed E-state index contributed by atoms with van der Waals surface area (Å²) in [4.78, 5) is 40.1. The third kappa shape index (κ3) is 8.50. The Hall–Kier alpha value is -5.38. The molecule has 0 fully saturated rings. The number of fused-ring (bicyclic) bond motifs is 1. The van der Waals surface area contributed by atoms with Gasteiger partial charge in [-0.3, -0.25) is 14.4 Å². The summed E-state index contributed by atoms with van der Waals surface area (Å²) >= 11 is 4.99. The molecule has 5 aromatic carbocycles. The Kier molecular flexibility index (Phi) is 10.5. The van der Waals surface area contributed by atoms with Crippen molar-refractivity contribution in [1.29, 1.82) is 0 Å². The second-order valence-corrected chi connectivity index (χ2v) is 12.8. The second kappa shape index (κ2) is 15.5. The Labute approximate surface area is 290 Å². The van der Waals surface area contributed by atoms with Crippen LogP contribution in [0.2, 0.25) is 0 Å². The molecule has 0 bridgehead atoms. The number of anilines is 2. The van der Waals surface area contributed by atoms with E-state index in [0.717, 1.165) is 31.4 Å². The minimum Gasteiger partial charge on any atom is -0.457 e. The molecular formula is C39H30BrN3O4S. The molecular weight excluding hydrogens is 686 g/mol. The molecule has 3 N–H and O–H groups in total. The minimum absolute atomic E-state index is 0.0243. The van der Waals surface area contributed by atoms with Crippen molar-refractivity contribution in [3.05, 3.63) is 155 Å². The highest BCUT2D eigenvalue weighted by Crippen LogP contribution is 2.27. The quantitative estimate of drug-likeness (QED) is 0.0917. The Morgan fingerprint density at radius 3 is 2.25 bits per heavy atom. The number of carbonyl (C=O) groups is 3. The lowest BCUT2D eigenvalue weighted by molar-refractivity contribution is -0.116. The molecule has 6 aromatic rings. The summed E-state index contributed by atoms with van der Waals surface area (Å²) < 4.78 is 6.95. The third-order valence-electron chi connectivity index (χ3n) is 7.34. The minimum atomic E-state index is -0.508. The van der Waals surface area contributed by atoms with Gasteiger partial charge in [0.1, 0.15) is 17.2 Å². The highest BCUT2D eigenvalue weighted by molar-refractivity contribution is 9.10. The summed E-state index contributed by atoms with van der Waals surface area (Å²) in [5.41, 5.74) is 2.66. The standard InChI is InChI=1S/C39H30BrN3O4S/c40-29-15-13-27(14-16-29)36-22-19-31(47-36)25-35(43-38(45)28-8-2-1-3-9-28)39(46)41-30-17-20-32(21-18-30)48-24-23-37(44)42-34-12-6-10-26-7-4-5-11-33(26)34/h1-22,25H,23-24H2,(H,41,46)(H,42,44)(H,43,45)/b35-25-. The lowest BCUT2D eigenvalue weighted by Gasteiger charge is -2.11. The van der Waals surface area contributed by atoms with Gasteiger partial charge in [0.05, 0.1) is 0 Å². The molecule has 0 aliphatic heterocycles. The van der Waals surface area contributed by atoms with Crippen molar-refractivity contribution in [3.8, 4) is 11.3 Å². The van der Waals surface area contributed by atoms with Crippen LogP contribution in [-0.2, 0) is 9.59 Å². The van der Waals surface area contributed by atoms with Gasteiger partial charge in [0, 0.05) is 55.5 Å². The van der Waals surface area contributed by atoms with E-state index < -0.39 is 11.8 Å². The second-order valence-electron chi connectivity index (χ2n) is 10.7. The van der Waals surface area contributed by atoms with Crippen LogP contribution in [0.5, 0.6) is 0 Å². The van der Waals surface area contributed by atoms with Crippen LogP contribution in [0.25, 0.3) is 28.2 Å². The van der Waals surface area contributed by atoms with Gasteiger partial charge >= 0.3 is 0 Å². The van der Waals surface area contributed by atoms with Gasteiger partial charge in [-0.2, -0.15) is 0 Å². The fourth-order valence-corrected chi connectivity index (χ4v) is 6.04. The number of amides is 3. The average Bonchev–Trinajstić information content (AvgIpc) is 3.58. The zero-order valence-electron chi connectivity index (χ0n) is 25.6. The highest BCUT2D eigenvalue weighted by atomic mass is 79.9. The van der Waals surface area contributed by atoms with E-state index in [0.29, 0.717) is 34.9 Å². The molecule has 48 heavy (non-hydrogen) atoms. The van der Waals surface area contributed by atoms with Crippen molar-refractivity contribution in [2.24, 2.45) is 0 Å². The number of thioether (sulfide) groups is 1. The molecule has 0 aliphatic rings. The van der Waals surface area contributed by atoms with Gasteiger partial charge in [-0.25, -0.2) is 0 Å². The van der Waals surface area contributed by atoms with Gasteiger partial charge in [-0.1, -0.05) is 82.7 Å². The molecule has 7 nitrogen and oxygen atoms in total. The zero-order valence-corrected chi connectivity index (χ0v) is 28.0. The summed E-state index contributed by atoms with van der Waals surface area (Å²) in [5.74, 6) is 0.635. The van der Waals surface area contributed by atoms with Crippen LogP contribution in [0.15, 0.2) is 153 Å². The summed E-state index contributed by atoms with van der Waals surface area (Å²) in [7, 11) is 0. The molecule has 9 heteroatoms. The first-order valence-electron chi connectivity index (χ1n) is 15.2. The monoisotopic (exact) mass is 715 g/mol. The third-order valence-corrected chi connectivity index (χ3v) is 8.89. The number of nitrogens with one attached hydrogen (secondary N) is 3. The molecule has 1 aromatic heterocycles. The van der Waals surface area contributed by atoms with E-state index in [1.165, 1.54) is 6.08 Å². The maximum Gasteiger partial charge on any atom is 0.272 e. The average molecular weight is 717 g/mol. The van der Waals surface area contributed by atoms with E-state index in [1.54, 1.807) is 54.2 Å². The fraction of sp³-hybridized carbons (Fsp3) is 0.0513. The van der Waals surface area contributed by atoms with Crippen LogP contribution < -0.4 is 16.0 Å². The lowest BCUT2D eigenvalue weighted by Crippen LogP contribution is -2.30. The predicted molar refractivity (Wildman–Crippen MR) is 197 cm³/mol. The molecule has 6 rings (SSSR count). The number of rotatable bonds is 11. The molecule has 0 saturated carbocycles. The van der Waals surface area contributed by atoms with E-state index >= 15 is 0 Å². The molecule has 238 valence electrons. The Balaban J connectivity index is 1.09. The first-order chi connectivity index (χ1) is 23.4. The normalized spacial score (nSPS) is 11.2. The van der Waals surface area contributed by atoms with Crippen molar-refractivity contribution in [1.82, 2.24) is 5.32 Å². The van der Waals surface area contributed by atoms with E-state index in [1.807, 2.05) is 91.0 Å². The summed E-state index contributed by atoms with van der Waals surface area (Å²) in [6.07, 6.45) is 1.85. The molecule has 0 spiro atoms. The van der Waals surface area contributed by atoms with E-state index in [-0.39, 0.29) is 11.6 Å². The molecule has 0 radical (unpaired) electrons. The number of benzene rings is 5. The number of hydrogen-bond acceptors (Lipinski definition) is 5. The van der Waals surface area contributed by atoms with Crippen molar-refractivity contribution < 1.29 is 18.8 Å². The van der Waals surface area contributed by atoms with Crippen LogP contribution >= 0.6 is 27.7 Å². The molecule has 1 heterocycles. The maximum absolute atomic E-state index is 13.5. The number of carbonyl (C=O) groups excluding carboxylic acids is 3. The molecule has 0 aliphatic carbocycles. The molecule has 0 saturated heterocycles. The maximum atomic E-state index is 13.5. The number of halogens is 1. The first kappa shape index (κ1) is 32.6. The molecule has 0 unspecified atom stereocenters.